The van der Waals surface area contributed by atoms with Gasteiger partial charge in [-0.25, -0.2) is 17.8 Å². The highest BCUT2D eigenvalue weighted by Crippen LogP contribution is 2.41. The number of carbonyl (C=O) groups is 1. The Bertz CT molecular complexity index is 1230. The van der Waals surface area contributed by atoms with Crippen LogP contribution in [0.15, 0.2) is 35.5 Å². The summed E-state index contributed by atoms with van der Waals surface area (Å²) < 4.78 is 40.1. The standard InChI is InChI=1S/C25H30FN3O5S/c1-16(2)24-20(14-13-19(28-32)6-4-8-22(30)31)23(17-9-11-18(26)12-10-17)21-7-5-15-29(25(21)27-24)35(3,33)34/h9-14,16,19H,4-8,15H2,1-3H3,(H,30,31)/b14-13+/t19-/m0/s1. The Morgan fingerprint density at radius 1 is 1.29 bits per heavy atom. The van der Waals surface area contributed by atoms with Crippen molar-refractivity contribution in [1.29, 1.82) is 0 Å². The topological polar surface area (TPSA) is 117 Å². The predicted octanol–water partition coefficient (Wildman–Crippen LogP) is 5.13. The van der Waals surface area contributed by atoms with Crippen LogP contribution in [-0.2, 0) is 21.2 Å². The molecule has 1 aliphatic heterocycles. The van der Waals surface area contributed by atoms with E-state index in [1.54, 1.807) is 24.3 Å². The van der Waals surface area contributed by atoms with Crippen LogP contribution < -0.4 is 4.31 Å². The molecule has 1 atom stereocenters. The molecule has 0 saturated carbocycles. The molecule has 3 rings (SSSR count). The fraction of sp³-hybridized carbons (Fsp3) is 0.440. The fourth-order valence-electron chi connectivity index (χ4n) is 4.32. The van der Waals surface area contributed by atoms with Crippen LogP contribution in [-0.4, -0.2) is 43.3 Å². The zero-order valence-corrected chi connectivity index (χ0v) is 20.9. The molecule has 8 nitrogen and oxygen atoms in total. The number of hydrogen-bond acceptors (Lipinski definition) is 6. The van der Waals surface area contributed by atoms with Gasteiger partial charge in [-0.05, 0) is 54.9 Å². The molecule has 2 aromatic rings. The molecule has 0 spiro atoms. The van der Waals surface area contributed by atoms with Gasteiger partial charge in [0.2, 0.25) is 10.0 Å². The van der Waals surface area contributed by atoms with Crippen molar-refractivity contribution in [3.05, 3.63) is 57.9 Å². The fourth-order valence-corrected chi connectivity index (χ4v) is 5.25. The van der Waals surface area contributed by atoms with Gasteiger partial charge in [-0.1, -0.05) is 43.3 Å². The Morgan fingerprint density at radius 2 is 1.97 bits per heavy atom. The first-order valence-electron chi connectivity index (χ1n) is 11.6. The molecule has 1 aromatic carbocycles. The molecule has 0 bridgehead atoms. The van der Waals surface area contributed by atoms with Crippen LogP contribution in [0.3, 0.4) is 0 Å². The van der Waals surface area contributed by atoms with E-state index < -0.39 is 22.0 Å². The number of benzene rings is 1. The minimum atomic E-state index is -3.56. The quantitative estimate of drug-likeness (QED) is 0.450. The lowest BCUT2D eigenvalue weighted by atomic mass is 9.87. The van der Waals surface area contributed by atoms with Crippen LogP contribution in [0.25, 0.3) is 17.2 Å². The molecule has 0 saturated heterocycles. The van der Waals surface area contributed by atoms with E-state index in [1.165, 1.54) is 16.4 Å². The average Bonchev–Trinajstić information content (AvgIpc) is 2.79. The van der Waals surface area contributed by atoms with Crippen LogP contribution in [0.5, 0.6) is 0 Å². The molecular weight excluding hydrogens is 473 g/mol. The van der Waals surface area contributed by atoms with Gasteiger partial charge in [0.1, 0.15) is 17.7 Å². The van der Waals surface area contributed by atoms with E-state index >= 15 is 0 Å². The summed E-state index contributed by atoms with van der Waals surface area (Å²) in [5, 5.41) is 12.0. The number of pyridine rings is 1. The van der Waals surface area contributed by atoms with Crippen LogP contribution in [0, 0.1) is 10.7 Å². The first-order chi connectivity index (χ1) is 16.5. The molecular formula is C25H30FN3O5S. The summed E-state index contributed by atoms with van der Waals surface area (Å²) in [6, 6.07) is 5.27. The van der Waals surface area contributed by atoms with Crippen LogP contribution in [0.2, 0.25) is 0 Å². The summed E-state index contributed by atoms with van der Waals surface area (Å²) in [6.07, 6.45) is 6.28. The molecule has 1 aromatic heterocycles. The van der Waals surface area contributed by atoms with Crippen molar-refractivity contribution < 1.29 is 22.7 Å². The molecule has 0 fully saturated rings. The first-order valence-corrected chi connectivity index (χ1v) is 13.4. The van der Waals surface area contributed by atoms with E-state index in [0.717, 1.165) is 17.4 Å². The summed E-state index contributed by atoms with van der Waals surface area (Å²) in [5.41, 5.74) is 3.57. The Hall–Kier alpha value is -3.14. The molecule has 0 amide bonds. The second-order valence-electron chi connectivity index (χ2n) is 9.01. The summed E-state index contributed by atoms with van der Waals surface area (Å²) in [5.74, 6) is -1.03. The summed E-state index contributed by atoms with van der Waals surface area (Å²) in [4.78, 5) is 27.0. The van der Waals surface area contributed by atoms with Crippen molar-refractivity contribution in [2.75, 3.05) is 17.1 Å². The Balaban J connectivity index is 2.22. The molecule has 35 heavy (non-hydrogen) atoms. The SMILES string of the molecule is CC(C)c1nc2c(c(-c3ccc(F)cc3)c1/C=C/[C@H](CCCC(=O)O)N=O)CCCN2S(C)(=O)=O. The van der Waals surface area contributed by atoms with Gasteiger partial charge >= 0.3 is 5.97 Å². The maximum atomic E-state index is 13.7. The van der Waals surface area contributed by atoms with Gasteiger partial charge in [-0.15, -0.1) is 0 Å². The molecule has 2 heterocycles. The maximum absolute atomic E-state index is 13.7. The number of nitrogens with zero attached hydrogens (tertiary/aromatic N) is 3. The minimum absolute atomic E-state index is 0.0559. The smallest absolute Gasteiger partial charge is 0.303 e. The predicted molar refractivity (Wildman–Crippen MR) is 134 cm³/mol. The third-order valence-corrected chi connectivity index (χ3v) is 7.11. The van der Waals surface area contributed by atoms with Gasteiger partial charge in [0.15, 0.2) is 0 Å². The van der Waals surface area contributed by atoms with Crippen LogP contribution in [0.4, 0.5) is 10.2 Å². The zero-order chi connectivity index (χ0) is 25.8. The van der Waals surface area contributed by atoms with Crippen molar-refractivity contribution in [2.24, 2.45) is 5.18 Å². The largest absolute Gasteiger partial charge is 0.481 e. The zero-order valence-electron chi connectivity index (χ0n) is 20.1. The number of sulfonamides is 1. The van der Waals surface area contributed by atoms with Gasteiger partial charge in [0, 0.05) is 24.1 Å². The second kappa shape index (κ2) is 11.1. The summed E-state index contributed by atoms with van der Waals surface area (Å²) in [7, 11) is -3.56. The van der Waals surface area contributed by atoms with Gasteiger partial charge in [0.05, 0.1) is 11.9 Å². The minimum Gasteiger partial charge on any atom is -0.481 e. The highest BCUT2D eigenvalue weighted by molar-refractivity contribution is 7.92. The molecule has 0 unspecified atom stereocenters. The third kappa shape index (κ3) is 6.30. The number of nitroso groups, excluding NO2 is 1. The normalized spacial score (nSPS) is 14.8. The van der Waals surface area contributed by atoms with Crippen molar-refractivity contribution in [3.63, 3.8) is 0 Å². The Labute approximate surface area is 204 Å². The van der Waals surface area contributed by atoms with Gasteiger partial charge < -0.3 is 5.11 Å². The number of rotatable bonds is 10. The van der Waals surface area contributed by atoms with Crippen LogP contribution >= 0.6 is 0 Å². The Kier molecular flexibility index (Phi) is 8.37. The lowest BCUT2D eigenvalue weighted by molar-refractivity contribution is -0.137. The molecule has 10 heteroatoms. The second-order valence-corrected chi connectivity index (χ2v) is 10.9. The van der Waals surface area contributed by atoms with E-state index in [9.17, 15) is 22.5 Å². The average molecular weight is 504 g/mol. The molecule has 0 aliphatic carbocycles. The maximum Gasteiger partial charge on any atom is 0.303 e. The van der Waals surface area contributed by atoms with E-state index in [4.69, 9.17) is 10.1 Å². The number of aliphatic carboxylic acids is 1. The van der Waals surface area contributed by atoms with E-state index in [-0.39, 0.29) is 24.6 Å². The van der Waals surface area contributed by atoms with Gasteiger partial charge in [-0.2, -0.15) is 4.91 Å². The van der Waals surface area contributed by atoms with E-state index in [0.29, 0.717) is 48.4 Å². The van der Waals surface area contributed by atoms with Crippen molar-refractivity contribution >= 4 is 27.9 Å². The number of hydrogen-bond donors (Lipinski definition) is 1. The van der Waals surface area contributed by atoms with Gasteiger partial charge in [-0.3, -0.25) is 9.10 Å². The number of anilines is 1. The van der Waals surface area contributed by atoms with Gasteiger partial charge in [0.25, 0.3) is 0 Å². The van der Waals surface area contributed by atoms with E-state index in [2.05, 4.69) is 5.18 Å². The van der Waals surface area contributed by atoms with Crippen molar-refractivity contribution in [3.8, 4) is 11.1 Å². The lowest BCUT2D eigenvalue weighted by Crippen LogP contribution is -2.36. The number of carboxylic acid groups (broad SMARTS) is 1. The highest BCUT2D eigenvalue weighted by atomic mass is 32.2. The number of carboxylic acids is 1. The number of halogens is 1. The third-order valence-electron chi connectivity index (χ3n) is 5.96. The Morgan fingerprint density at radius 3 is 2.54 bits per heavy atom. The summed E-state index contributed by atoms with van der Waals surface area (Å²) in [6.45, 7) is 4.21. The number of fused-ring (bicyclic) bond motifs is 1. The highest BCUT2D eigenvalue weighted by Gasteiger charge is 2.31. The number of aromatic nitrogens is 1. The molecule has 188 valence electrons. The molecule has 1 aliphatic rings. The van der Waals surface area contributed by atoms with Crippen molar-refractivity contribution in [2.45, 2.75) is 57.9 Å². The summed E-state index contributed by atoms with van der Waals surface area (Å²) >= 11 is 0. The first kappa shape index (κ1) is 26.5. The molecule has 0 radical (unpaired) electrons. The monoisotopic (exact) mass is 503 g/mol. The van der Waals surface area contributed by atoms with Crippen LogP contribution in [0.1, 0.15) is 62.3 Å². The van der Waals surface area contributed by atoms with Crippen molar-refractivity contribution in [1.82, 2.24) is 4.98 Å². The lowest BCUT2D eigenvalue weighted by Gasteiger charge is -2.32. The molecule has 1 N–H and O–H groups in total. The van der Waals surface area contributed by atoms with E-state index in [1.807, 2.05) is 13.8 Å².